The first-order valence-electron chi connectivity index (χ1n) is 9.66. The molecule has 0 atom stereocenters. The van der Waals surface area contributed by atoms with E-state index in [1.807, 2.05) is 0 Å². The number of halogens is 1. The number of hydrogen-bond donors (Lipinski definition) is 1. The maximum Gasteiger partial charge on any atom is 0.346 e. The van der Waals surface area contributed by atoms with Gasteiger partial charge in [0.25, 0.3) is 15.6 Å². The number of nitrogens with one attached hydrogen (secondary N) is 1. The summed E-state index contributed by atoms with van der Waals surface area (Å²) in [5.41, 5.74) is -0.987. The van der Waals surface area contributed by atoms with Crippen LogP contribution in [0, 0.1) is 6.92 Å². The Bertz CT molecular complexity index is 1590. The molecule has 11 heteroatoms. The quantitative estimate of drug-likeness (QED) is 0.464. The van der Waals surface area contributed by atoms with Gasteiger partial charge in [0, 0.05) is 11.2 Å². The molecule has 4 rings (SSSR count). The molecule has 0 aliphatic carbocycles. The zero-order chi connectivity index (χ0) is 23.8. The van der Waals surface area contributed by atoms with Crippen LogP contribution < -0.4 is 16.6 Å². The van der Waals surface area contributed by atoms with Crippen molar-refractivity contribution in [3.63, 3.8) is 0 Å². The van der Waals surface area contributed by atoms with Gasteiger partial charge in [-0.05, 0) is 49.4 Å². The Balaban J connectivity index is 1.92. The first-order chi connectivity index (χ1) is 15.7. The van der Waals surface area contributed by atoms with Crippen molar-refractivity contribution >= 4 is 44.1 Å². The summed E-state index contributed by atoms with van der Waals surface area (Å²) < 4.78 is 27.6. The fraction of sp³-hybridized carbons (Fsp3) is 0.0909. The van der Waals surface area contributed by atoms with Crippen LogP contribution in [0.15, 0.2) is 81.5 Å². The van der Waals surface area contributed by atoms with Crippen LogP contribution in [0.2, 0.25) is 5.02 Å². The maximum absolute atomic E-state index is 13.3. The van der Waals surface area contributed by atoms with Crippen molar-refractivity contribution in [2.24, 2.45) is 0 Å². The Morgan fingerprint density at radius 1 is 1.09 bits per heavy atom. The van der Waals surface area contributed by atoms with Crippen LogP contribution in [-0.4, -0.2) is 27.8 Å². The Labute approximate surface area is 192 Å². The molecule has 1 N–H and O–H groups in total. The van der Waals surface area contributed by atoms with Crippen LogP contribution in [0.4, 0.5) is 5.69 Å². The summed E-state index contributed by atoms with van der Waals surface area (Å²) in [5, 5.41) is 2.71. The smallest absolute Gasteiger partial charge is 0.323 e. The molecule has 0 aliphatic rings. The molecule has 0 bridgehead atoms. The number of hydrogen-bond acceptors (Lipinski definition) is 6. The monoisotopic (exact) mass is 484 g/mol. The first-order valence-corrected chi connectivity index (χ1v) is 11.5. The SMILES string of the molecule is Cc1ccc(S(=O)(=O)n2c(=O)c3ccc(Cl)cc3n(CC(=O)Nc3cccnc3)c2=O)cc1. The van der Waals surface area contributed by atoms with Crippen LogP contribution >= 0.6 is 11.6 Å². The number of fused-ring (bicyclic) bond motifs is 1. The number of amides is 1. The molecule has 0 spiro atoms. The number of anilines is 1. The molecule has 9 nitrogen and oxygen atoms in total. The van der Waals surface area contributed by atoms with E-state index in [0.29, 0.717) is 5.69 Å². The second-order valence-corrected chi connectivity index (χ2v) is 9.43. The number of carbonyl (C=O) groups excluding carboxylic acids is 1. The molecule has 0 radical (unpaired) electrons. The number of aromatic nitrogens is 3. The molecule has 0 unspecified atom stereocenters. The minimum atomic E-state index is -4.54. The van der Waals surface area contributed by atoms with E-state index in [-0.39, 0.29) is 24.8 Å². The lowest BCUT2D eigenvalue weighted by molar-refractivity contribution is -0.116. The molecule has 0 fully saturated rings. The summed E-state index contributed by atoms with van der Waals surface area (Å²) in [6.07, 6.45) is 2.94. The van der Waals surface area contributed by atoms with Crippen molar-refractivity contribution < 1.29 is 13.2 Å². The van der Waals surface area contributed by atoms with Crippen molar-refractivity contribution in [3.05, 3.63) is 98.4 Å². The number of nitrogens with zero attached hydrogens (tertiary/aromatic N) is 3. The van der Waals surface area contributed by atoms with Crippen LogP contribution in [0.5, 0.6) is 0 Å². The molecule has 0 aliphatic heterocycles. The average molecular weight is 485 g/mol. The largest absolute Gasteiger partial charge is 0.346 e. The highest BCUT2D eigenvalue weighted by Gasteiger charge is 2.26. The van der Waals surface area contributed by atoms with Crippen molar-refractivity contribution in [1.82, 2.24) is 13.5 Å². The van der Waals surface area contributed by atoms with Crippen LogP contribution in [0.1, 0.15) is 5.56 Å². The van der Waals surface area contributed by atoms with E-state index in [4.69, 9.17) is 11.6 Å². The van der Waals surface area contributed by atoms with Gasteiger partial charge in [-0.15, -0.1) is 3.97 Å². The average Bonchev–Trinajstić information content (AvgIpc) is 2.77. The molecule has 0 saturated carbocycles. The summed E-state index contributed by atoms with van der Waals surface area (Å²) in [5.74, 6) is -0.621. The fourth-order valence-electron chi connectivity index (χ4n) is 3.28. The Hall–Kier alpha value is -3.76. The van der Waals surface area contributed by atoms with Gasteiger partial charge < -0.3 is 5.32 Å². The molecule has 2 aromatic carbocycles. The summed E-state index contributed by atoms with van der Waals surface area (Å²) in [7, 11) is -4.54. The van der Waals surface area contributed by atoms with Gasteiger partial charge in [-0.3, -0.25) is 19.1 Å². The third kappa shape index (κ3) is 4.30. The summed E-state index contributed by atoms with van der Waals surface area (Å²) >= 11 is 6.05. The molecule has 1 amide bonds. The minimum Gasteiger partial charge on any atom is -0.323 e. The first kappa shape index (κ1) is 22.4. The van der Waals surface area contributed by atoms with E-state index < -0.39 is 33.7 Å². The number of rotatable bonds is 5. The van der Waals surface area contributed by atoms with Gasteiger partial charge in [0.1, 0.15) is 6.54 Å². The van der Waals surface area contributed by atoms with Gasteiger partial charge >= 0.3 is 5.69 Å². The van der Waals surface area contributed by atoms with Gasteiger partial charge in [0.2, 0.25) is 5.91 Å². The molecule has 33 heavy (non-hydrogen) atoms. The van der Waals surface area contributed by atoms with Crippen LogP contribution in [0.25, 0.3) is 10.9 Å². The lowest BCUT2D eigenvalue weighted by Gasteiger charge is -2.15. The third-order valence-corrected chi connectivity index (χ3v) is 6.78. The summed E-state index contributed by atoms with van der Waals surface area (Å²) in [6.45, 7) is 1.21. The Morgan fingerprint density at radius 3 is 2.48 bits per heavy atom. The molecule has 2 aromatic heterocycles. The van der Waals surface area contributed by atoms with E-state index in [0.717, 1.165) is 10.1 Å². The summed E-state index contributed by atoms with van der Waals surface area (Å²) in [4.78, 5) is 42.7. The van der Waals surface area contributed by atoms with E-state index in [2.05, 4.69) is 10.3 Å². The zero-order valence-corrected chi connectivity index (χ0v) is 18.8. The summed E-state index contributed by atoms with van der Waals surface area (Å²) in [6, 6.07) is 13.0. The van der Waals surface area contributed by atoms with Crippen molar-refractivity contribution in [2.45, 2.75) is 18.4 Å². The van der Waals surface area contributed by atoms with Gasteiger partial charge in [0.05, 0.1) is 27.7 Å². The Kier molecular flexibility index (Phi) is 5.88. The maximum atomic E-state index is 13.3. The highest BCUT2D eigenvalue weighted by molar-refractivity contribution is 7.90. The van der Waals surface area contributed by atoms with E-state index >= 15 is 0 Å². The number of aryl methyl sites for hydroxylation is 1. The van der Waals surface area contributed by atoms with Gasteiger partial charge in [0.15, 0.2) is 0 Å². The van der Waals surface area contributed by atoms with Crippen LogP contribution in [0.3, 0.4) is 0 Å². The Morgan fingerprint density at radius 2 is 1.82 bits per heavy atom. The van der Waals surface area contributed by atoms with Crippen molar-refractivity contribution in [1.29, 1.82) is 0 Å². The standard InChI is InChI=1S/C22H17ClN4O5S/c1-14-4-7-17(8-5-14)33(31,32)27-21(29)18-9-6-15(23)11-19(18)26(22(27)30)13-20(28)25-16-3-2-10-24-12-16/h2-12H,13H2,1H3,(H,25,28). The third-order valence-electron chi connectivity index (χ3n) is 4.88. The zero-order valence-electron chi connectivity index (χ0n) is 17.2. The normalized spacial score (nSPS) is 11.5. The number of pyridine rings is 1. The van der Waals surface area contributed by atoms with E-state index in [1.165, 1.54) is 42.7 Å². The highest BCUT2D eigenvalue weighted by atomic mass is 35.5. The second-order valence-electron chi connectivity index (χ2n) is 7.21. The van der Waals surface area contributed by atoms with Crippen molar-refractivity contribution in [2.75, 3.05) is 5.32 Å². The lowest BCUT2D eigenvalue weighted by atomic mass is 10.2. The topological polar surface area (TPSA) is 120 Å². The van der Waals surface area contributed by atoms with Crippen LogP contribution in [-0.2, 0) is 21.4 Å². The molecule has 4 aromatic rings. The predicted octanol–water partition coefficient (Wildman–Crippen LogP) is 2.40. The molecular formula is C22H17ClN4O5S. The lowest BCUT2D eigenvalue weighted by Crippen LogP contribution is -2.45. The van der Waals surface area contributed by atoms with E-state index in [9.17, 15) is 22.8 Å². The van der Waals surface area contributed by atoms with Crippen molar-refractivity contribution in [3.8, 4) is 0 Å². The van der Waals surface area contributed by atoms with Gasteiger partial charge in [-0.2, -0.15) is 0 Å². The molecule has 0 saturated heterocycles. The van der Waals surface area contributed by atoms with Gasteiger partial charge in [-0.1, -0.05) is 29.3 Å². The fourth-order valence-corrected chi connectivity index (χ4v) is 4.76. The minimum absolute atomic E-state index is 0.0363. The number of carbonyl (C=O) groups is 1. The molecular weight excluding hydrogens is 468 g/mol. The highest BCUT2D eigenvalue weighted by Crippen LogP contribution is 2.18. The molecule has 168 valence electrons. The molecule has 2 heterocycles. The predicted molar refractivity (Wildman–Crippen MR) is 124 cm³/mol. The van der Waals surface area contributed by atoms with E-state index in [1.54, 1.807) is 31.2 Å². The second kappa shape index (κ2) is 8.64. The van der Waals surface area contributed by atoms with Gasteiger partial charge in [-0.25, -0.2) is 13.2 Å². The number of benzene rings is 2.